The SMILES string of the molecule is CCC(=O)NC1=CCC2(C)C(=C1)C=C1SC[N+](=O)N=C12. The Hall–Kier alpha value is -1.69. The molecule has 3 rings (SSSR count). The number of hydrogen-bond donors (Lipinski definition) is 1. The molecule has 20 heavy (non-hydrogen) atoms. The van der Waals surface area contributed by atoms with Gasteiger partial charge in [-0.05, 0) is 42.8 Å². The van der Waals surface area contributed by atoms with Crippen molar-refractivity contribution in [1.82, 2.24) is 5.32 Å². The van der Waals surface area contributed by atoms with Gasteiger partial charge in [-0.1, -0.05) is 13.0 Å². The van der Waals surface area contributed by atoms with E-state index in [9.17, 15) is 9.70 Å². The Morgan fingerprint density at radius 3 is 3.10 bits per heavy atom. The third-order valence-corrected chi connectivity index (χ3v) is 4.84. The average Bonchev–Trinajstić information content (AvgIpc) is 2.71. The van der Waals surface area contributed by atoms with Crippen LogP contribution < -0.4 is 5.32 Å². The number of hydrogen-bond acceptors (Lipinski definition) is 3. The molecule has 1 amide bonds. The zero-order valence-corrected chi connectivity index (χ0v) is 12.3. The Balaban J connectivity index is 1.93. The van der Waals surface area contributed by atoms with Crippen molar-refractivity contribution in [3.63, 3.8) is 0 Å². The third-order valence-electron chi connectivity index (χ3n) is 3.87. The first-order valence-corrected chi connectivity index (χ1v) is 7.62. The number of allylic oxidation sites excluding steroid dienone is 5. The van der Waals surface area contributed by atoms with Crippen LogP contribution in [0, 0.1) is 10.3 Å². The fraction of sp³-hybridized carbons (Fsp3) is 0.429. The van der Waals surface area contributed by atoms with Crippen LogP contribution in [0.5, 0.6) is 0 Å². The normalized spacial score (nSPS) is 27.8. The molecule has 0 aromatic rings. The van der Waals surface area contributed by atoms with Crippen molar-refractivity contribution in [3.05, 3.63) is 39.3 Å². The summed E-state index contributed by atoms with van der Waals surface area (Å²) in [5.74, 6) is 0.350. The minimum atomic E-state index is -0.244. The predicted octanol–water partition coefficient (Wildman–Crippen LogP) is 2.47. The number of rotatable bonds is 2. The summed E-state index contributed by atoms with van der Waals surface area (Å²) in [5, 5.41) is 7.04. The highest BCUT2D eigenvalue weighted by Gasteiger charge is 2.46. The Kier molecular flexibility index (Phi) is 3.12. The van der Waals surface area contributed by atoms with E-state index in [0.29, 0.717) is 12.3 Å². The molecule has 0 fully saturated rings. The predicted molar refractivity (Wildman–Crippen MR) is 78.9 cm³/mol. The van der Waals surface area contributed by atoms with Crippen LogP contribution in [-0.2, 0) is 4.79 Å². The maximum Gasteiger partial charge on any atom is 0.278 e. The van der Waals surface area contributed by atoms with Crippen molar-refractivity contribution in [2.75, 3.05) is 5.88 Å². The maximum absolute atomic E-state index is 11.5. The van der Waals surface area contributed by atoms with Crippen molar-refractivity contribution in [1.29, 1.82) is 0 Å². The van der Waals surface area contributed by atoms with E-state index in [1.54, 1.807) is 0 Å². The number of nitrogens with one attached hydrogen (secondary N) is 1. The number of carbonyl (C=O) groups excluding carboxylic acids is 1. The van der Waals surface area contributed by atoms with Gasteiger partial charge in [-0.15, -0.1) is 0 Å². The zero-order chi connectivity index (χ0) is 14.3. The highest BCUT2D eigenvalue weighted by Crippen LogP contribution is 2.49. The molecule has 0 bridgehead atoms. The summed E-state index contributed by atoms with van der Waals surface area (Å²) in [5.41, 5.74) is 2.56. The number of amides is 1. The quantitative estimate of drug-likeness (QED) is 0.795. The van der Waals surface area contributed by atoms with Gasteiger partial charge in [-0.2, -0.15) is 0 Å². The Bertz CT molecular complexity index is 630. The van der Waals surface area contributed by atoms with E-state index in [2.05, 4.69) is 23.4 Å². The van der Waals surface area contributed by atoms with Crippen molar-refractivity contribution >= 4 is 23.4 Å². The minimum Gasteiger partial charge on any atom is -0.326 e. The molecule has 0 aromatic heterocycles. The van der Waals surface area contributed by atoms with Crippen LogP contribution in [0.3, 0.4) is 0 Å². The van der Waals surface area contributed by atoms with Crippen LogP contribution in [-0.4, -0.2) is 22.4 Å². The van der Waals surface area contributed by atoms with Gasteiger partial charge in [0, 0.05) is 27.5 Å². The average molecular weight is 290 g/mol. The number of hydrazone groups is 1. The first-order chi connectivity index (χ1) is 9.53. The van der Waals surface area contributed by atoms with Crippen LogP contribution in [0.1, 0.15) is 26.7 Å². The fourth-order valence-electron chi connectivity index (χ4n) is 2.60. The molecule has 1 heterocycles. The molecule has 0 aromatic carbocycles. The summed E-state index contributed by atoms with van der Waals surface area (Å²) in [7, 11) is 0. The second-order valence-corrected chi connectivity index (χ2v) is 6.27. The highest BCUT2D eigenvalue weighted by molar-refractivity contribution is 8.03. The van der Waals surface area contributed by atoms with E-state index in [4.69, 9.17) is 0 Å². The van der Waals surface area contributed by atoms with Crippen LogP contribution >= 0.6 is 11.8 Å². The molecule has 0 radical (unpaired) electrons. The first-order valence-electron chi connectivity index (χ1n) is 6.64. The number of fused-ring (bicyclic) bond motifs is 3. The molecule has 1 unspecified atom stereocenters. The summed E-state index contributed by atoms with van der Waals surface area (Å²) < 4.78 is 0. The highest BCUT2D eigenvalue weighted by atomic mass is 32.2. The van der Waals surface area contributed by atoms with Gasteiger partial charge < -0.3 is 5.32 Å². The lowest BCUT2D eigenvalue weighted by Gasteiger charge is -2.29. The molecule has 6 heteroatoms. The molecule has 1 N–H and O–H groups in total. The molecule has 2 aliphatic carbocycles. The van der Waals surface area contributed by atoms with Crippen LogP contribution in [0.2, 0.25) is 0 Å². The van der Waals surface area contributed by atoms with Crippen molar-refractivity contribution in [3.8, 4) is 0 Å². The van der Waals surface area contributed by atoms with Crippen LogP contribution in [0.25, 0.3) is 0 Å². The molecule has 1 aliphatic heterocycles. The zero-order valence-electron chi connectivity index (χ0n) is 11.5. The molecule has 5 nitrogen and oxygen atoms in total. The lowest BCUT2D eigenvalue weighted by molar-refractivity contribution is -0.535. The lowest BCUT2D eigenvalue weighted by Crippen LogP contribution is -2.32. The molecule has 1 atom stereocenters. The Morgan fingerprint density at radius 1 is 1.55 bits per heavy atom. The van der Waals surface area contributed by atoms with Gasteiger partial charge in [0.25, 0.3) is 5.88 Å². The Labute approximate surface area is 121 Å². The van der Waals surface area contributed by atoms with E-state index in [0.717, 1.165) is 33.2 Å². The molecule has 3 aliphatic rings. The monoisotopic (exact) mass is 290 g/mol. The van der Waals surface area contributed by atoms with Crippen LogP contribution in [0.15, 0.2) is 39.5 Å². The van der Waals surface area contributed by atoms with Gasteiger partial charge in [-0.3, -0.25) is 4.79 Å². The summed E-state index contributed by atoms with van der Waals surface area (Å²) >= 11 is 1.52. The van der Waals surface area contributed by atoms with E-state index in [1.165, 1.54) is 11.8 Å². The van der Waals surface area contributed by atoms with E-state index >= 15 is 0 Å². The van der Waals surface area contributed by atoms with Crippen LogP contribution in [0.4, 0.5) is 0 Å². The van der Waals surface area contributed by atoms with Gasteiger partial charge in [-0.25, -0.2) is 0 Å². The molecule has 0 spiro atoms. The molecular weight excluding hydrogens is 274 g/mol. The van der Waals surface area contributed by atoms with Gasteiger partial charge in [0.1, 0.15) is 5.71 Å². The van der Waals surface area contributed by atoms with E-state index < -0.39 is 0 Å². The summed E-state index contributed by atoms with van der Waals surface area (Å²) in [4.78, 5) is 24.7. The summed E-state index contributed by atoms with van der Waals surface area (Å²) in [6, 6.07) is 0. The number of carbonyl (C=O) groups is 1. The number of nitroso groups, excluding NO2 is 1. The molecular formula is C14H16N3O2S+. The second kappa shape index (κ2) is 4.70. The standard InChI is InChI=1S/C14H15N3O2S/c1-3-12(18)15-10-4-5-14(2)9(6-10)7-11-13(14)16-17(19)8-20-11/h4,6-7H,3,5,8H2,1-2H3/p+1. The number of thioether (sulfide) groups is 1. The largest absolute Gasteiger partial charge is 0.326 e. The fourth-order valence-corrected chi connectivity index (χ4v) is 3.53. The lowest BCUT2D eigenvalue weighted by atomic mass is 9.76. The molecule has 0 saturated carbocycles. The number of nitrogens with zero attached hydrogens (tertiary/aromatic N) is 2. The van der Waals surface area contributed by atoms with Crippen molar-refractivity contribution in [2.24, 2.45) is 10.5 Å². The molecule has 104 valence electrons. The van der Waals surface area contributed by atoms with E-state index in [1.807, 2.05) is 19.1 Å². The van der Waals surface area contributed by atoms with Gasteiger partial charge in [0.15, 0.2) is 4.87 Å². The topological polar surface area (TPSA) is 61.5 Å². The van der Waals surface area contributed by atoms with E-state index in [-0.39, 0.29) is 11.3 Å². The third kappa shape index (κ3) is 2.04. The molecule has 0 saturated heterocycles. The van der Waals surface area contributed by atoms with Gasteiger partial charge >= 0.3 is 0 Å². The van der Waals surface area contributed by atoms with Gasteiger partial charge in [0.05, 0.1) is 4.91 Å². The first kappa shape index (κ1) is 13.3. The summed E-state index contributed by atoms with van der Waals surface area (Å²) in [6.45, 7) is 3.92. The maximum atomic E-state index is 11.5. The van der Waals surface area contributed by atoms with Gasteiger partial charge in [0.2, 0.25) is 5.91 Å². The smallest absolute Gasteiger partial charge is 0.278 e. The summed E-state index contributed by atoms with van der Waals surface area (Å²) in [6.07, 6.45) is 7.28. The Morgan fingerprint density at radius 2 is 2.35 bits per heavy atom. The van der Waals surface area contributed by atoms with Crippen molar-refractivity contribution in [2.45, 2.75) is 26.7 Å². The minimum absolute atomic E-state index is 0.0113. The second-order valence-electron chi connectivity index (χ2n) is 5.28. The van der Waals surface area contributed by atoms with Crippen molar-refractivity contribution < 1.29 is 9.66 Å².